The zero-order chi connectivity index (χ0) is 13.7. The van der Waals surface area contributed by atoms with E-state index in [1.807, 2.05) is 0 Å². The lowest BCUT2D eigenvalue weighted by atomic mass is 10.2. The molecule has 2 rings (SSSR count). The van der Waals surface area contributed by atoms with E-state index in [9.17, 15) is 9.59 Å². The van der Waals surface area contributed by atoms with E-state index in [2.05, 4.69) is 10.6 Å². The molecule has 102 valence electrons. The Hall–Kier alpha value is -2.04. The Morgan fingerprint density at radius 3 is 2.74 bits per heavy atom. The molecule has 0 unspecified atom stereocenters. The number of esters is 1. The maximum absolute atomic E-state index is 11.6. The monoisotopic (exact) mass is 262 g/mol. The molecule has 1 saturated carbocycles. The summed E-state index contributed by atoms with van der Waals surface area (Å²) in [6.07, 6.45) is 2.41. The number of rotatable bonds is 6. The summed E-state index contributed by atoms with van der Waals surface area (Å²) in [4.78, 5) is 23.1. The average molecular weight is 262 g/mol. The number of methoxy groups -OCH3 is 1. The standard InChI is InChI=1S/C14H18N2O3/c1-19-14(18)11-4-2-3-5-12(11)15-9-13(17)16-8-10-6-7-10/h2-5,10,15H,6-9H2,1H3,(H,16,17). The van der Waals surface area contributed by atoms with Crippen LogP contribution in [0.5, 0.6) is 0 Å². The Morgan fingerprint density at radius 1 is 1.32 bits per heavy atom. The summed E-state index contributed by atoms with van der Waals surface area (Å²) in [5.74, 6) is 0.180. The number of hydrogen-bond acceptors (Lipinski definition) is 4. The second-order valence-corrected chi connectivity index (χ2v) is 4.64. The lowest BCUT2D eigenvalue weighted by molar-refractivity contribution is -0.119. The van der Waals surface area contributed by atoms with Crippen molar-refractivity contribution >= 4 is 17.6 Å². The highest BCUT2D eigenvalue weighted by molar-refractivity contribution is 5.96. The lowest BCUT2D eigenvalue weighted by Crippen LogP contribution is -2.31. The van der Waals surface area contributed by atoms with Crippen LogP contribution in [0.15, 0.2) is 24.3 Å². The van der Waals surface area contributed by atoms with E-state index in [1.165, 1.54) is 20.0 Å². The molecule has 0 aromatic heterocycles. The SMILES string of the molecule is COC(=O)c1ccccc1NCC(=O)NCC1CC1. The minimum Gasteiger partial charge on any atom is -0.465 e. The first-order chi connectivity index (χ1) is 9.20. The first-order valence-electron chi connectivity index (χ1n) is 6.38. The molecule has 5 heteroatoms. The van der Waals surface area contributed by atoms with Crippen LogP contribution in [-0.2, 0) is 9.53 Å². The van der Waals surface area contributed by atoms with Crippen molar-refractivity contribution in [3.63, 3.8) is 0 Å². The van der Waals surface area contributed by atoms with E-state index in [0.717, 1.165) is 6.54 Å². The van der Waals surface area contributed by atoms with Crippen LogP contribution in [0.1, 0.15) is 23.2 Å². The minimum atomic E-state index is -0.415. The van der Waals surface area contributed by atoms with Crippen molar-refractivity contribution in [1.82, 2.24) is 5.32 Å². The predicted octanol–water partition coefficient (Wildman–Crippen LogP) is 1.41. The van der Waals surface area contributed by atoms with Gasteiger partial charge in [0.15, 0.2) is 0 Å². The summed E-state index contributed by atoms with van der Waals surface area (Å²) in [6, 6.07) is 6.97. The first-order valence-corrected chi connectivity index (χ1v) is 6.38. The van der Waals surface area contributed by atoms with Gasteiger partial charge in [0.25, 0.3) is 0 Å². The summed E-state index contributed by atoms with van der Waals surface area (Å²) >= 11 is 0. The van der Waals surface area contributed by atoms with Crippen molar-refractivity contribution in [1.29, 1.82) is 0 Å². The van der Waals surface area contributed by atoms with Crippen molar-refractivity contribution < 1.29 is 14.3 Å². The smallest absolute Gasteiger partial charge is 0.339 e. The molecule has 0 heterocycles. The van der Waals surface area contributed by atoms with Crippen LogP contribution in [0.3, 0.4) is 0 Å². The quantitative estimate of drug-likeness (QED) is 0.761. The highest BCUT2D eigenvalue weighted by atomic mass is 16.5. The van der Waals surface area contributed by atoms with Gasteiger partial charge in [0, 0.05) is 12.2 Å². The number of carbonyl (C=O) groups is 2. The Balaban J connectivity index is 1.87. The Bertz CT molecular complexity index is 470. The maximum atomic E-state index is 11.6. The van der Waals surface area contributed by atoms with Crippen LogP contribution >= 0.6 is 0 Å². The number of hydrogen-bond donors (Lipinski definition) is 2. The summed E-state index contributed by atoms with van der Waals surface area (Å²) in [5.41, 5.74) is 1.04. The van der Waals surface area contributed by atoms with Gasteiger partial charge in [-0.2, -0.15) is 0 Å². The molecule has 0 aliphatic heterocycles. The molecular formula is C14H18N2O3. The molecule has 19 heavy (non-hydrogen) atoms. The van der Waals surface area contributed by atoms with Crippen LogP contribution in [-0.4, -0.2) is 32.1 Å². The van der Waals surface area contributed by atoms with E-state index < -0.39 is 5.97 Å². The topological polar surface area (TPSA) is 67.4 Å². The van der Waals surface area contributed by atoms with Crippen LogP contribution in [0.2, 0.25) is 0 Å². The van der Waals surface area contributed by atoms with Gasteiger partial charge < -0.3 is 15.4 Å². The Labute approximate surface area is 112 Å². The Morgan fingerprint density at radius 2 is 2.05 bits per heavy atom. The van der Waals surface area contributed by atoms with Crippen LogP contribution in [0, 0.1) is 5.92 Å². The number of anilines is 1. The minimum absolute atomic E-state index is 0.0634. The first kappa shape index (κ1) is 13.4. The second kappa shape index (κ2) is 6.22. The third-order valence-corrected chi connectivity index (χ3v) is 3.06. The summed E-state index contributed by atoms with van der Waals surface area (Å²) in [6.45, 7) is 0.903. The molecule has 0 bridgehead atoms. The summed E-state index contributed by atoms with van der Waals surface area (Å²) in [7, 11) is 1.33. The van der Waals surface area contributed by atoms with Crippen molar-refractivity contribution in [2.24, 2.45) is 5.92 Å². The molecule has 1 aromatic carbocycles. The van der Waals surface area contributed by atoms with E-state index in [1.54, 1.807) is 24.3 Å². The third-order valence-electron chi connectivity index (χ3n) is 3.06. The van der Waals surface area contributed by atoms with Crippen LogP contribution < -0.4 is 10.6 Å². The molecule has 0 saturated heterocycles. The third kappa shape index (κ3) is 3.98. The van der Waals surface area contributed by atoms with Gasteiger partial charge in [-0.15, -0.1) is 0 Å². The van der Waals surface area contributed by atoms with Gasteiger partial charge in [0.2, 0.25) is 5.91 Å². The highest BCUT2D eigenvalue weighted by Gasteiger charge is 2.21. The fourth-order valence-electron chi connectivity index (χ4n) is 1.74. The maximum Gasteiger partial charge on any atom is 0.339 e. The van der Waals surface area contributed by atoms with Crippen molar-refractivity contribution in [3.8, 4) is 0 Å². The van der Waals surface area contributed by atoms with E-state index >= 15 is 0 Å². The number of amides is 1. The zero-order valence-corrected chi connectivity index (χ0v) is 10.9. The molecule has 1 aliphatic rings. The Kier molecular flexibility index (Phi) is 4.39. The molecule has 0 spiro atoms. The number of para-hydroxylation sites is 1. The predicted molar refractivity (Wildman–Crippen MR) is 72.0 cm³/mol. The molecule has 1 aliphatic carbocycles. The van der Waals surface area contributed by atoms with Gasteiger partial charge in [-0.1, -0.05) is 12.1 Å². The average Bonchev–Trinajstić information content (AvgIpc) is 3.26. The van der Waals surface area contributed by atoms with E-state index in [0.29, 0.717) is 17.2 Å². The van der Waals surface area contributed by atoms with Crippen molar-refractivity contribution in [2.75, 3.05) is 25.5 Å². The fourth-order valence-corrected chi connectivity index (χ4v) is 1.74. The summed E-state index contributed by atoms with van der Waals surface area (Å²) < 4.78 is 4.69. The van der Waals surface area contributed by atoms with Gasteiger partial charge in [-0.25, -0.2) is 4.79 Å². The van der Waals surface area contributed by atoms with Crippen molar-refractivity contribution in [3.05, 3.63) is 29.8 Å². The molecule has 0 radical (unpaired) electrons. The fraction of sp³-hybridized carbons (Fsp3) is 0.429. The second-order valence-electron chi connectivity index (χ2n) is 4.64. The number of carbonyl (C=O) groups excluding carboxylic acids is 2. The lowest BCUT2D eigenvalue weighted by Gasteiger charge is -2.10. The van der Waals surface area contributed by atoms with Gasteiger partial charge in [-0.05, 0) is 30.9 Å². The largest absolute Gasteiger partial charge is 0.465 e. The molecule has 0 atom stereocenters. The number of ether oxygens (including phenoxy) is 1. The molecule has 5 nitrogen and oxygen atoms in total. The van der Waals surface area contributed by atoms with Crippen molar-refractivity contribution in [2.45, 2.75) is 12.8 Å². The van der Waals surface area contributed by atoms with Gasteiger partial charge >= 0.3 is 5.97 Å². The molecule has 1 amide bonds. The zero-order valence-electron chi connectivity index (χ0n) is 10.9. The molecular weight excluding hydrogens is 244 g/mol. The molecule has 2 N–H and O–H groups in total. The normalized spacial score (nSPS) is 13.7. The number of benzene rings is 1. The van der Waals surface area contributed by atoms with Crippen LogP contribution in [0.4, 0.5) is 5.69 Å². The van der Waals surface area contributed by atoms with Gasteiger partial charge in [0.05, 0.1) is 19.2 Å². The van der Waals surface area contributed by atoms with Crippen LogP contribution in [0.25, 0.3) is 0 Å². The van der Waals surface area contributed by atoms with E-state index in [-0.39, 0.29) is 12.5 Å². The van der Waals surface area contributed by atoms with Gasteiger partial charge in [-0.3, -0.25) is 4.79 Å². The van der Waals surface area contributed by atoms with E-state index in [4.69, 9.17) is 4.74 Å². The molecule has 1 fully saturated rings. The van der Waals surface area contributed by atoms with Gasteiger partial charge in [0.1, 0.15) is 0 Å². The summed E-state index contributed by atoms with van der Waals surface area (Å²) in [5, 5.41) is 5.82. The highest BCUT2D eigenvalue weighted by Crippen LogP contribution is 2.27. The number of nitrogens with one attached hydrogen (secondary N) is 2. The molecule has 1 aromatic rings.